The molecule has 0 aliphatic heterocycles. The highest BCUT2D eigenvalue weighted by Crippen LogP contribution is 2.22. The lowest BCUT2D eigenvalue weighted by Crippen LogP contribution is -2.09. The molecule has 0 fully saturated rings. The molecule has 4 aromatic rings. The first-order valence-corrected chi connectivity index (χ1v) is 7.00. The summed E-state index contributed by atoms with van der Waals surface area (Å²) in [6.45, 7) is 0. The van der Waals surface area contributed by atoms with Crippen LogP contribution in [-0.2, 0) is 0 Å². The van der Waals surface area contributed by atoms with Gasteiger partial charge in [0.1, 0.15) is 11.6 Å². The number of nitrogens with zero attached hydrogens (tertiary/aromatic N) is 2. The third-order valence-electron chi connectivity index (χ3n) is 3.66. The molecule has 5 nitrogen and oxygen atoms in total. The van der Waals surface area contributed by atoms with Crippen molar-refractivity contribution in [3.05, 3.63) is 71.2 Å². The number of rotatable bonds is 2. The monoisotopic (exact) mass is 306 g/mol. The molecule has 6 heteroatoms. The highest BCUT2D eigenvalue weighted by Gasteiger charge is 2.12. The zero-order valence-corrected chi connectivity index (χ0v) is 11.9. The fraction of sp³-hybridized carbons (Fsp3) is 0. The molecule has 112 valence electrons. The molecule has 0 radical (unpaired) electrons. The summed E-state index contributed by atoms with van der Waals surface area (Å²) in [6, 6.07) is 9.76. The number of halogens is 1. The van der Waals surface area contributed by atoms with Crippen LogP contribution in [-0.4, -0.2) is 19.9 Å². The molecule has 0 spiro atoms. The minimum atomic E-state index is -0.388. The molecule has 0 aliphatic carbocycles. The number of fused-ring (bicyclic) bond motifs is 1. The molecule has 2 N–H and O–H groups in total. The molecule has 0 atom stereocenters. The maximum absolute atomic E-state index is 13.9. The third-order valence-corrected chi connectivity index (χ3v) is 3.66. The van der Waals surface area contributed by atoms with Gasteiger partial charge in [-0.2, -0.15) is 0 Å². The number of H-pyrrole nitrogens is 2. The molecular formula is C17H11FN4O. The van der Waals surface area contributed by atoms with E-state index in [4.69, 9.17) is 0 Å². The van der Waals surface area contributed by atoms with Gasteiger partial charge in [0, 0.05) is 23.3 Å². The maximum atomic E-state index is 13.9. The molecule has 3 aromatic heterocycles. The van der Waals surface area contributed by atoms with Crippen molar-refractivity contribution < 1.29 is 4.39 Å². The summed E-state index contributed by atoms with van der Waals surface area (Å²) in [5, 5.41) is 0.351. The lowest BCUT2D eigenvalue weighted by molar-refractivity contribution is 0.639. The molecule has 0 saturated carbocycles. The number of nitrogens with one attached hydrogen (secondary N) is 2. The van der Waals surface area contributed by atoms with Crippen LogP contribution in [0.25, 0.3) is 33.5 Å². The van der Waals surface area contributed by atoms with E-state index in [1.54, 1.807) is 30.7 Å². The van der Waals surface area contributed by atoms with Gasteiger partial charge in [0.15, 0.2) is 0 Å². The van der Waals surface area contributed by atoms with Crippen LogP contribution in [0.4, 0.5) is 4.39 Å². The van der Waals surface area contributed by atoms with Gasteiger partial charge in [-0.3, -0.25) is 9.78 Å². The van der Waals surface area contributed by atoms with Gasteiger partial charge in [0.05, 0.1) is 23.0 Å². The van der Waals surface area contributed by atoms with E-state index in [9.17, 15) is 9.18 Å². The van der Waals surface area contributed by atoms with Crippen LogP contribution in [0, 0.1) is 5.82 Å². The number of hydrogen-bond donors (Lipinski definition) is 2. The average molecular weight is 306 g/mol. The van der Waals surface area contributed by atoms with Crippen LogP contribution in [0.5, 0.6) is 0 Å². The van der Waals surface area contributed by atoms with E-state index in [-0.39, 0.29) is 11.4 Å². The summed E-state index contributed by atoms with van der Waals surface area (Å²) in [5.41, 5.74) is 2.10. The van der Waals surface area contributed by atoms with Crippen LogP contribution in [0.3, 0.4) is 0 Å². The summed E-state index contributed by atoms with van der Waals surface area (Å²) in [6.07, 6.45) is 4.98. The standard InChI is InChI=1S/C17H11FN4O/c18-13-2-1-3-14-11(13)8-12(17(23)22-14)16-20-9-15(21-16)10-4-6-19-7-5-10/h1-9H,(H,20,21)(H,22,23). The first-order valence-electron chi connectivity index (χ1n) is 7.00. The van der Waals surface area contributed by atoms with Crippen molar-refractivity contribution in [3.8, 4) is 22.6 Å². The van der Waals surface area contributed by atoms with Crippen molar-refractivity contribution in [3.63, 3.8) is 0 Å². The summed E-state index contributed by atoms with van der Waals surface area (Å²) < 4.78 is 13.9. The Kier molecular flexibility index (Phi) is 3.01. The molecule has 1 aromatic carbocycles. The predicted octanol–water partition coefficient (Wildman–Crippen LogP) is 3.12. The number of benzene rings is 1. The highest BCUT2D eigenvalue weighted by atomic mass is 19.1. The van der Waals surface area contributed by atoms with Gasteiger partial charge in [-0.1, -0.05) is 6.07 Å². The molecule has 0 amide bonds. The quantitative estimate of drug-likeness (QED) is 0.597. The summed E-state index contributed by atoms with van der Waals surface area (Å²) >= 11 is 0. The maximum Gasteiger partial charge on any atom is 0.259 e. The number of aromatic amines is 2. The summed E-state index contributed by atoms with van der Waals surface area (Å²) in [4.78, 5) is 26.2. The second kappa shape index (κ2) is 5.17. The number of aromatic nitrogens is 4. The Hall–Kier alpha value is -3.28. The molecule has 23 heavy (non-hydrogen) atoms. The van der Waals surface area contributed by atoms with E-state index >= 15 is 0 Å². The van der Waals surface area contributed by atoms with Gasteiger partial charge in [-0.25, -0.2) is 9.37 Å². The summed E-state index contributed by atoms with van der Waals surface area (Å²) in [5.74, 6) is 0.00382. The smallest absolute Gasteiger partial charge is 0.259 e. The fourth-order valence-electron chi connectivity index (χ4n) is 2.50. The Bertz CT molecular complexity index is 1050. The molecule has 4 rings (SSSR count). The molecule has 0 unspecified atom stereocenters. The van der Waals surface area contributed by atoms with Gasteiger partial charge < -0.3 is 9.97 Å². The Morgan fingerprint density at radius 1 is 1.04 bits per heavy atom. The van der Waals surface area contributed by atoms with Crippen LogP contribution in [0.2, 0.25) is 0 Å². The molecule has 0 bridgehead atoms. The van der Waals surface area contributed by atoms with Crippen LogP contribution in [0.1, 0.15) is 0 Å². The molecule has 3 heterocycles. The Morgan fingerprint density at radius 2 is 1.87 bits per heavy atom. The van der Waals surface area contributed by atoms with E-state index in [0.717, 1.165) is 11.3 Å². The lowest BCUT2D eigenvalue weighted by Gasteiger charge is -2.02. The van der Waals surface area contributed by atoms with Crippen LogP contribution >= 0.6 is 0 Å². The van der Waals surface area contributed by atoms with Gasteiger partial charge >= 0.3 is 0 Å². The zero-order chi connectivity index (χ0) is 15.8. The van der Waals surface area contributed by atoms with E-state index < -0.39 is 0 Å². The molecule has 0 saturated heterocycles. The van der Waals surface area contributed by atoms with Crippen molar-refractivity contribution in [2.75, 3.05) is 0 Å². The second-order valence-electron chi connectivity index (χ2n) is 5.09. The topological polar surface area (TPSA) is 74.4 Å². The van der Waals surface area contributed by atoms with Crippen molar-refractivity contribution in [1.82, 2.24) is 19.9 Å². The van der Waals surface area contributed by atoms with Gasteiger partial charge in [-0.05, 0) is 30.3 Å². The Morgan fingerprint density at radius 3 is 2.70 bits per heavy atom. The summed E-state index contributed by atoms with van der Waals surface area (Å²) in [7, 11) is 0. The fourth-order valence-corrected chi connectivity index (χ4v) is 2.50. The number of hydrogen-bond acceptors (Lipinski definition) is 3. The lowest BCUT2D eigenvalue weighted by atomic mass is 10.1. The molecular weight excluding hydrogens is 295 g/mol. The van der Waals surface area contributed by atoms with Crippen molar-refractivity contribution >= 4 is 10.9 Å². The Labute approximate surface area is 129 Å². The molecule has 0 aliphatic rings. The largest absolute Gasteiger partial charge is 0.338 e. The van der Waals surface area contributed by atoms with Gasteiger partial charge in [0.2, 0.25) is 0 Å². The van der Waals surface area contributed by atoms with E-state index in [0.29, 0.717) is 22.3 Å². The predicted molar refractivity (Wildman–Crippen MR) is 85.3 cm³/mol. The third kappa shape index (κ3) is 2.30. The Balaban J connectivity index is 1.87. The second-order valence-corrected chi connectivity index (χ2v) is 5.09. The van der Waals surface area contributed by atoms with E-state index in [1.807, 2.05) is 12.1 Å². The van der Waals surface area contributed by atoms with Gasteiger partial charge in [-0.15, -0.1) is 0 Å². The van der Waals surface area contributed by atoms with Gasteiger partial charge in [0.25, 0.3) is 5.56 Å². The van der Waals surface area contributed by atoms with Crippen molar-refractivity contribution in [2.45, 2.75) is 0 Å². The van der Waals surface area contributed by atoms with E-state index in [2.05, 4.69) is 19.9 Å². The van der Waals surface area contributed by atoms with Crippen molar-refractivity contribution in [1.29, 1.82) is 0 Å². The number of pyridine rings is 2. The first kappa shape index (κ1) is 13.4. The van der Waals surface area contributed by atoms with Crippen LogP contribution in [0.15, 0.2) is 59.8 Å². The van der Waals surface area contributed by atoms with E-state index in [1.165, 1.54) is 12.1 Å². The zero-order valence-electron chi connectivity index (χ0n) is 11.9. The minimum absolute atomic E-state index is 0.294. The SMILES string of the molecule is O=c1[nH]c2cccc(F)c2cc1-c1ncc(-c2ccncc2)[nH]1. The minimum Gasteiger partial charge on any atom is -0.338 e. The van der Waals surface area contributed by atoms with Crippen molar-refractivity contribution in [2.24, 2.45) is 0 Å². The highest BCUT2D eigenvalue weighted by molar-refractivity contribution is 5.83. The number of imidazole rings is 1. The normalized spacial score (nSPS) is 11.0. The first-order chi connectivity index (χ1) is 11.2. The average Bonchev–Trinajstić information content (AvgIpc) is 3.05. The van der Waals surface area contributed by atoms with Crippen LogP contribution < -0.4 is 5.56 Å².